The third-order valence-corrected chi connectivity index (χ3v) is 9.49. The molecule has 0 aliphatic carbocycles. The van der Waals surface area contributed by atoms with E-state index in [2.05, 4.69) is 20.9 Å². The number of rotatable bonds is 4. The number of para-hydroxylation sites is 1. The molecule has 0 radical (unpaired) electrons. The molecule has 47 heavy (non-hydrogen) atoms. The lowest BCUT2D eigenvalue weighted by molar-refractivity contribution is 0.0363. The Hall–Kier alpha value is -5.23. The van der Waals surface area contributed by atoms with E-state index in [-0.39, 0.29) is 17.2 Å². The molecule has 1 spiro atoms. The molecule has 9 nitrogen and oxygen atoms in total. The number of nitrogens with zero attached hydrogens (tertiary/aromatic N) is 6. The van der Waals surface area contributed by atoms with Gasteiger partial charge >= 0.3 is 0 Å². The van der Waals surface area contributed by atoms with Crippen molar-refractivity contribution < 1.29 is 14.3 Å². The van der Waals surface area contributed by atoms with Crippen LogP contribution in [-0.2, 0) is 6.54 Å². The number of fused-ring (bicyclic) bond motifs is 1. The predicted octanol–water partition coefficient (Wildman–Crippen LogP) is 5.90. The largest absolute Gasteiger partial charge is 0.492 e. The van der Waals surface area contributed by atoms with E-state index in [4.69, 9.17) is 4.74 Å². The second-order valence-corrected chi connectivity index (χ2v) is 12.6. The lowest BCUT2D eigenvalue weighted by Crippen LogP contribution is -2.46. The molecule has 240 valence electrons. The highest BCUT2D eigenvalue weighted by Gasteiger charge is 2.37. The first-order chi connectivity index (χ1) is 22.9. The summed E-state index contributed by atoms with van der Waals surface area (Å²) in [5.74, 6) is 1.33. The highest BCUT2D eigenvalue weighted by atomic mass is 16.5. The number of likely N-dealkylation sites (tertiary alicyclic amines) is 1. The molecule has 0 saturated carbocycles. The summed E-state index contributed by atoms with van der Waals surface area (Å²) in [4.78, 5) is 42.5. The molecule has 9 heteroatoms. The van der Waals surface area contributed by atoms with Crippen LogP contribution in [0.1, 0.15) is 63.1 Å². The summed E-state index contributed by atoms with van der Waals surface area (Å²) in [7, 11) is 0. The minimum Gasteiger partial charge on any atom is -0.492 e. The Bertz CT molecular complexity index is 1730. The summed E-state index contributed by atoms with van der Waals surface area (Å²) < 4.78 is 6.58. The van der Waals surface area contributed by atoms with Gasteiger partial charge in [-0.1, -0.05) is 42.5 Å². The molecule has 1 saturated heterocycles. The fraction of sp³-hybridized carbons (Fsp3) is 0.342. The van der Waals surface area contributed by atoms with Crippen molar-refractivity contribution in [3.05, 3.63) is 119 Å². The number of nitriles is 1. The molecule has 0 N–H and O–H groups in total. The summed E-state index contributed by atoms with van der Waals surface area (Å²) in [6, 6.07) is 25.2. The van der Waals surface area contributed by atoms with Crippen LogP contribution in [-0.4, -0.2) is 70.9 Å². The number of aromatic nitrogens is 2. The van der Waals surface area contributed by atoms with Crippen LogP contribution < -0.4 is 9.64 Å². The molecule has 2 amide bonds. The number of anilines is 1. The minimum atomic E-state index is -0.165. The number of pyridine rings is 2. The molecule has 0 bridgehead atoms. The third kappa shape index (κ3) is 7.44. The van der Waals surface area contributed by atoms with Gasteiger partial charge in [0.1, 0.15) is 17.6 Å². The highest BCUT2D eigenvalue weighted by Crippen LogP contribution is 2.38. The van der Waals surface area contributed by atoms with Gasteiger partial charge in [0.05, 0.1) is 17.7 Å². The summed E-state index contributed by atoms with van der Waals surface area (Å²) in [6.45, 7) is 5.92. The highest BCUT2D eigenvalue weighted by molar-refractivity contribution is 5.97. The van der Waals surface area contributed by atoms with Crippen LogP contribution in [0.3, 0.4) is 0 Å². The van der Waals surface area contributed by atoms with Gasteiger partial charge in [0.25, 0.3) is 11.8 Å². The average molecular weight is 629 g/mol. The van der Waals surface area contributed by atoms with E-state index in [9.17, 15) is 14.9 Å². The Kier molecular flexibility index (Phi) is 9.77. The number of ether oxygens (including phenoxy) is 1. The topological polar surface area (TPSA) is 103 Å². The quantitative estimate of drug-likeness (QED) is 0.277. The number of aryl methyl sites for hydroxylation is 1. The van der Waals surface area contributed by atoms with Crippen LogP contribution in [0.25, 0.3) is 0 Å². The van der Waals surface area contributed by atoms with Crippen molar-refractivity contribution in [1.29, 1.82) is 5.26 Å². The second-order valence-electron chi connectivity index (χ2n) is 12.6. The number of carbonyl (C=O) groups is 2. The SMILES string of the molecule is Cc1cnccc1C(=O)N1CCC2(CCCN(c3ccc(C#N)cn3)CCN(Cc3ccccc3)C(=O)c3ccccc3OC2)CC1. The zero-order valence-corrected chi connectivity index (χ0v) is 26.8. The summed E-state index contributed by atoms with van der Waals surface area (Å²) in [6.07, 6.45) is 8.39. The van der Waals surface area contributed by atoms with Gasteiger partial charge in [-0.15, -0.1) is 0 Å². The minimum absolute atomic E-state index is 0.0397. The van der Waals surface area contributed by atoms with E-state index in [1.165, 1.54) is 0 Å². The van der Waals surface area contributed by atoms with Crippen molar-refractivity contribution in [2.45, 2.75) is 39.2 Å². The van der Waals surface area contributed by atoms with Gasteiger partial charge in [0, 0.05) is 68.8 Å². The van der Waals surface area contributed by atoms with E-state index >= 15 is 0 Å². The van der Waals surface area contributed by atoms with E-state index in [0.717, 1.165) is 49.2 Å². The first kappa shape index (κ1) is 31.7. The molecule has 4 aromatic rings. The zero-order valence-electron chi connectivity index (χ0n) is 26.8. The molecule has 0 unspecified atom stereocenters. The van der Waals surface area contributed by atoms with Gasteiger partial charge in [0.15, 0.2) is 0 Å². The maximum Gasteiger partial charge on any atom is 0.257 e. The third-order valence-electron chi connectivity index (χ3n) is 9.49. The van der Waals surface area contributed by atoms with E-state index in [1.54, 1.807) is 30.7 Å². The smallest absolute Gasteiger partial charge is 0.257 e. The Balaban J connectivity index is 1.28. The van der Waals surface area contributed by atoms with Crippen LogP contribution in [0.4, 0.5) is 5.82 Å². The average Bonchev–Trinajstić information content (AvgIpc) is 3.12. The monoisotopic (exact) mass is 628 g/mol. The van der Waals surface area contributed by atoms with Crippen LogP contribution in [0.2, 0.25) is 0 Å². The van der Waals surface area contributed by atoms with E-state index in [0.29, 0.717) is 61.8 Å². The molecular weight excluding hydrogens is 588 g/mol. The number of piperidine rings is 1. The Morgan fingerprint density at radius 2 is 1.70 bits per heavy atom. The Labute approximate surface area is 276 Å². The van der Waals surface area contributed by atoms with Crippen molar-refractivity contribution in [2.24, 2.45) is 5.41 Å². The first-order valence-electron chi connectivity index (χ1n) is 16.3. The van der Waals surface area contributed by atoms with E-state index < -0.39 is 0 Å². The van der Waals surface area contributed by atoms with Crippen LogP contribution >= 0.6 is 0 Å². The molecule has 6 rings (SSSR count). The van der Waals surface area contributed by atoms with Crippen LogP contribution in [0.15, 0.2) is 91.4 Å². The zero-order chi connectivity index (χ0) is 32.6. The fourth-order valence-electron chi connectivity index (χ4n) is 6.63. The molecule has 2 aromatic carbocycles. The summed E-state index contributed by atoms with van der Waals surface area (Å²) in [5, 5.41) is 9.34. The Morgan fingerprint density at radius 3 is 2.45 bits per heavy atom. The number of hydrogen-bond donors (Lipinski definition) is 0. The first-order valence-corrected chi connectivity index (χ1v) is 16.3. The van der Waals surface area contributed by atoms with Crippen LogP contribution in [0.5, 0.6) is 5.75 Å². The van der Waals surface area contributed by atoms with Crippen molar-refractivity contribution in [3.63, 3.8) is 0 Å². The van der Waals surface area contributed by atoms with Crippen molar-refractivity contribution >= 4 is 17.6 Å². The van der Waals surface area contributed by atoms with Crippen LogP contribution in [0, 0.1) is 23.7 Å². The van der Waals surface area contributed by atoms with Crippen molar-refractivity contribution in [1.82, 2.24) is 19.8 Å². The van der Waals surface area contributed by atoms with E-state index in [1.807, 2.05) is 77.4 Å². The van der Waals surface area contributed by atoms with Gasteiger partial charge in [-0.25, -0.2) is 4.98 Å². The van der Waals surface area contributed by atoms with Gasteiger partial charge < -0.3 is 19.4 Å². The maximum atomic E-state index is 14.2. The molecule has 0 atom stereocenters. The Morgan fingerprint density at radius 1 is 0.915 bits per heavy atom. The molecular formula is C38H40N6O3. The van der Waals surface area contributed by atoms with Gasteiger partial charge in [-0.05, 0) is 74.1 Å². The number of amides is 2. The predicted molar refractivity (Wildman–Crippen MR) is 180 cm³/mol. The van der Waals surface area contributed by atoms with Gasteiger partial charge in [0.2, 0.25) is 0 Å². The van der Waals surface area contributed by atoms with Crippen molar-refractivity contribution in [3.8, 4) is 11.8 Å². The standard InChI is InChI=1S/C38H40N6O3/c1-29-25-40-18-14-32(29)36(45)43-20-16-38(17-21-43)15-7-19-42(35-13-12-31(24-39)26-41-35)22-23-44(27-30-8-3-2-4-9-30)37(46)33-10-5-6-11-34(33)47-28-38/h2-6,8-14,18,25-26H,7,15-17,19-23,27-28H2,1H3. The number of carbonyl (C=O) groups excluding carboxylic acids is 2. The lowest BCUT2D eigenvalue weighted by atomic mass is 9.75. The molecule has 1 fully saturated rings. The molecule has 2 aromatic heterocycles. The molecule has 4 heterocycles. The van der Waals surface area contributed by atoms with Gasteiger partial charge in [-0.3, -0.25) is 14.6 Å². The van der Waals surface area contributed by atoms with Gasteiger partial charge in [-0.2, -0.15) is 5.26 Å². The normalized spacial score (nSPS) is 17.0. The maximum absolute atomic E-state index is 14.2. The molecule has 2 aliphatic rings. The fourth-order valence-corrected chi connectivity index (χ4v) is 6.63. The lowest BCUT2D eigenvalue weighted by Gasteiger charge is -2.42. The summed E-state index contributed by atoms with van der Waals surface area (Å²) in [5.41, 5.74) is 3.51. The molecule has 2 aliphatic heterocycles. The number of benzene rings is 2. The van der Waals surface area contributed by atoms with Crippen molar-refractivity contribution in [2.75, 3.05) is 44.2 Å². The number of hydrogen-bond acceptors (Lipinski definition) is 7. The second kappa shape index (κ2) is 14.5. The summed E-state index contributed by atoms with van der Waals surface area (Å²) >= 11 is 0.